The molecular formula is C14H24N2O3. The summed E-state index contributed by atoms with van der Waals surface area (Å²) in [7, 11) is 0. The number of hydrogen-bond acceptors (Lipinski definition) is 3. The van der Waals surface area contributed by atoms with Crippen molar-refractivity contribution in [2.45, 2.75) is 45.1 Å². The summed E-state index contributed by atoms with van der Waals surface area (Å²) in [5, 5.41) is 12.1. The van der Waals surface area contributed by atoms with Gasteiger partial charge in [0.15, 0.2) is 0 Å². The Labute approximate surface area is 114 Å². The van der Waals surface area contributed by atoms with Gasteiger partial charge in [0, 0.05) is 12.6 Å². The molecule has 1 saturated heterocycles. The van der Waals surface area contributed by atoms with Crippen LogP contribution in [0.15, 0.2) is 0 Å². The summed E-state index contributed by atoms with van der Waals surface area (Å²) in [5.41, 5.74) is 0. The fraction of sp³-hybridized carbons (Fsp3) is 0.857. The van der Waals surface area contributed by atoms with Gasteiger partial charge in [0.1, 0.15) is 0 Å². The first kappa shape index (κ1) is 14.3. The number of aliphatic carboxylic acids is 1. The molecule has 1 aliphatic carbocycles. The fourth-order valence-electron chi connectivity index (χ4n) is 3.46. The van der Waals surface area contributed by atoms with Crippen molar-refractivity contribution in [2.24, 2.45) is 11.8 Å². The summed E-state index contributed by atoms with van der Waals surface area (Å²) in [5.74, 6) is -1.69. The van der Waals surface area contributed by atoms with Crippen LogP contribution in [0.1, 0.15) is 39.0 Å². The van der Waals surface area contributed by atoms with E-state index in [1.54, 1.807) is 0 Å². The highest BCUT2D eigenvalue weighted by atomic mass is 16.4. The van der Waals surface area contributed by atoms with Crippen molar-refractivity contribution in [3.8, 4) is 0 Å². The number of amides is 1. The van der Waals surface area contributed by atoms with E-state index in [2.05, 4.69) is 17.1 Å². The van der Waals surface area contributed by atoms with Crippen LogP contribution >= 0.6 is 0 Å². The van der Waals surface area contributed by atoms with Gasteiger partial charge in [-0.25, -0.2) is 0 Å². The van der Waals surface area contributed by atoms with E-state index in [9.17, 15) is 9.59 Å². The highest BCUT2D eigenvalue weighted by Gasteiger charge is 2.38. The zero-order chi connectivity index (χ0) is 13.8. The second kappa shape index (κ2) is 6.37. The van der Waals surface area contributed by atoms with Crippen LogP contribution in [0.4, 0.5) is 0 Å². The second-order valence-corrected chi connectivity index (χ2v) is 5.65. The Bertz CT molecular complexity index is 346. The largest absolute Gasteiger partial charge is 0.481 e. The molecule has 0 aromatic rings. The number of likely N-dealkylation sites (tertiary alicyclic amines) is 1. The van der Waals surface area contributed by atoms with Crippen LogP contribution in [0.25, 0.3) is 0 Å². The van der Waals surface area contributed by atoms with Gasteiger partial charge in [-0.2, -0.15) is 0 Å². The molecule has 0 aromatic carbocycles. The molecule has 5 heteroatoms. The maximum Gasteiger partial charge on any atom is 0.307 e. The van der Waals surface area contributed by atoms with Crippen LogP contribution in [-0.4, -0.2) is 47.6 Å². The summed E-state index contributed by atoms with van der Waals surface area (Å²) in [4.78, 5) is 25.6. The van der Waals surface area contributed by atoms with Crippen molar-refractivity contribution in [3.63, 3.8) is 0 Å². The van der Waals surface area contributed by atoms with E-state index < -0.39 is 11.9 Å². The van der Waals surface area contributed by atoms with E-state index in [1.165, 1.54) is 6.42 Å². The molecule has 0 spiro atoms. The van der Waals surface area contributed by atoms with Crippen molar-refractivity contribution in [1.29, 1.82) is 0 Å². The summed E-state index contributed by atoms with van der Waals surface area (Å²) in [6, 6.07) is 0.429. The van der Waals surface area contributed by atoms with Gasteiger partial charge in [-0.1, -0.05) is 13.3 Å². The molecule has 1 heterocycles. The summed E-state index contributed by atoms with van der Waals surface area (Å²) >= 11 is 0. The van der Waals surface area contributed by atoms with Gasteiger partial charge in [0.25, 0.3) is 0 Å². The van der Waals surface area contributed by atoms with E-state index in [0.29, 0.717) is 25.4 Å². The third-order valence-electron chi connectivity index (χ3n) is 4.59. The van der Waals surface area contributed by atoms with E-state index in [4.69, 9.17) is 5.11 Å². The predicted molar refractivity (Wildman–Crippen MR) is 71.7 cm³/mol. The zero-order valence-corrected chi connectivity index (χ0v) is 11.6. The molecule has 2 fully saturated rings. The van der Waals surface area contributed by atoms with Gasteiger partial charge in [-0.3, -0.25) is 14.5 Å². The minimum Gasteiger partial charge on any atom is -0.481 e. The minimum atomic E-state index is -0.825. The van der Waals surface area contributed by atoms with Crippen molar-refractivity contribution in [2.75, 3.05) is 19.6 Å². The number of nitrogens with zero attached hydrogens (tertiary/aromatic N) is 1. The van der Waals surface area contributed by atoms with Crippen molar-refractivity contribution in [1.82, 2.24) is 10.2 Å². The number of likely N-dealkylation sites (N-methyl/N-ethyl adjacent to an activating group) is 1. The lowest BCUT2D eigenvalue weighted by molar-refractivity contribution is -0.146. The number of carbonyl (C=O) groups excluding carboxylic acids is 1. The molecule has 2 N–H and O–H groups in total. The van der Waals surface area contributed by atoms with Crippen LogP contribution in [-0.2, 0) is 9.59 Å². The number of nitrogens with one attached hydrogen (secondary N) is 1. The van der Waals surface area contributed by atoms with Gasteiger partial charge in [0.2, 0.25) is 5.91 Å². The third kappa shape index (κ3) is 3.26. The number of carbonyl (C=O) groups is 2. The molecule has 2 aliphatic rings. The van der Waals surface area contributed by atoms with Crippen LogP contribution in [0.2, 0.25) is 0 Å². The van der Waals surface area contributed by atoms with Crippen molar-refractivity contribution < 1.29 is 14.7 Å². The smallest absolute Gasteiger partial charge is 0.307 e. The Balaban J connectivity index is 1.82. The average molecular weight is 268 g/mol. The van der Waals surface area contributed by atoms with Gasteiger partial charge in [-0.15, -0.1) is 0 Å². The van der Waals surface area contributed by atoms with E-state index in [1.807, 2.05) is 0 Å². The Morgan fingerprint density at radius 3 is 2.63 bits per heavy atom. The summed E-state index contributed by atoms with van der Waals surface area (Å²) in [6.07, 6.45) is 4.51. The van der Waals surface area contributed by atoms with Crippen molar-refractivity contribution >= 4 is 11.9 Å². The molecule has 0 bridgehead atoms. The molecule has 1 saturated carbocycles. The number of rotatable bonds is 5. The normalized spacial score (nSPS) is 31.5. The average Bonchev–Trinajstić information content (AvgIpc) is 3.04. The zero-order valence-electron chi connectivity index (χ0n) is 11.6. The van der Waals surface area contributed by atoms with E-state index >= 15 is 0 Å². The molecule has 1 aliphatic heterocycles. The Morgan fingerprint density at radius 2 is 1.95 bits per heavy atom. The Hall–Kier alpha value is -1.10. The lowest BCUT2D eigenvalue weighted by Crippen LogP contribution is -2.43. The minimum absolute atomic E-state index is 0.0622. The molecule has 19 heavy (non-hydrogen) atoms. The molecular weight excluding hydrogens is 244 g/mol. The standard InChI is InChI=1S/C14H24N2O3/c1-2-16-8-4-5-10(16)9-15-13(17)11-6-3-7-12(11)14(18)19/h10-12H,2-9H2,1H3,(H,15,17)(H,18,19)/t10?,11-,12+/m1/s1. The van der Waals surface area contributed by atoms with Gasteiger partial charge in [0.05, 0.1) is 11.8 Å². The number of hydrogen-bond donors (Lipinski definition) is 2. The molecule has 3 atom stereocenters. The Morgan fingerprint density at radius 1 is 1.21 bits per heavy atom. The van der Waals surface area contributed by atoms with E-state index in [0.717, 1.165) is 25.9 Å². The first-order chi connectivity index (χ1) is 9.13. The van der Waals surface area contributed by atoms with Crippen LogP contribution in [0.5, 0.6) is 0 Å². The highest BCUT2D eigenvalue weighted by Crippen LogP contribution is 2.32. The third-order valence-corrected chi connectivity index (χ3v) is 4.59. The van der Waals surface area contributed by atoms with Crippen LogP contribution in [0, 0.1) is 11.8 Å². The number of carboxylic acids is 1. The second-order valence-electron chi connectivity index (χ2n) is 5.65. The first-order valence-electron chi connectivity index (χ1n) is 7.38. The molecule has 2 rings (SSSR count). The lowest BCUT2D eigenvalue weighted by atomic mass is 9.95. The monoisotopic (exact) mass is 268 g/mol. The van der Waals surface area contributed by atoms with Crippen molar-refractivity contribution in [3.05, 3.63) is 0 Å². The van der Waals surface area contributed by atoms with Gasteiger partial charge < -0.3 is 10.4 Å². The number of carboxylic acid groups (broad SMARTS) is 1. The molecule has 5 nitrogen and oxygen atoms in total. The first-order valence-corrected chi connectivity index (χ1v) is 7.38. The van der Waals surface area contributed by atoms with Crippen LogP contribution in [0.3, 0.4) is 0 Å². The summed E-state index contributed by atoms with van der Waals surface area (Å²) < 4.78 is 0. The quantitative estimate of drug-likeness (QED) is 0.783. The topological polar surface area (TPSA) is 69.6 Å². The maximum absolute atomic E-state index is 12.1. The SMILES string of the molecule is CCN1CCCC1CNC(=O)[C@@H]1CCC[C@@H]1C(=O)O. The predicted octanol–water partition coefficient (Wildman–Crippen LogP) is 1.09. The summed E-state index contributed by atoms with van der Waals surface area (Å²) in [6.45, 7) is 4.92. The van der Waals surface area contributed by atoms with Crippen LogP contribution < -0.4 is 5.32 Å². The molecule has 0 aromatic heterocycles. The lowest BCUT2D eigenvalue weighted by Gasteiger charge is -2.24. The van der Waals surface area contributed by atoms with E-state index in [-0.39, 0.29) is 11.8 Å². The molecule has 0 radical (unpaired) electrons. The van der Waals surface area contributed by atoms with Gasteiger partial charge >= 0.3 is 5.97 Å². The Kier molecular flexibility index (Phi) is 4.80. The molecule has 1 unspecified atom stereocenters. The fourth-order valence-corrected chi connectivity index (χ4v) is 3.46. The molecule has 1 amide bonds. The van der Waals surface area contributed by atoms with Gasteiger partial charge in [-0.05, 0) is 38.8 Å². The maximum atomic E-state index is 12.1. The molecule has 108 valence electrons. The highest BCUT2D eigenvalue weighted by molar-refractivity contribution is 5.85.